The highest BCUT2D eigenvalue weighted by molar-refractivity contribution is 5.76. The molecule has 0 aromatic rings. The molecule has 0 aliphatic carbocycles. The number of hydrogen-bond acceptors (Lipinski definition) is 4. The minimum absolute atomic E-state index is 0.117. The summed E-state index contributed by atoms with van der Waals surface area (Å²) in [6.45, 7) is 4.17. The molecule has 0 fully saturated rings. The van der Waals surface area contributed by atoms with Gasteiger partial charge < -0.3 is 20.1 Å². The summed E-state index contributed by atoms with van der Waals surface area (Å²) in [5.41, 5.74) is 5.46. The van der Waals surface area contributed by atoms with Gasteiger partial charge in [-0.1, -0.05) is 0 Å². The van der Waals surface area contributed by atoms with Crippen LogP contribution in [-0.2, 0) is 14.3 Å². The third-order valence-electron chi connectivity index (χ3n) is 2.48. The minimum Gasteiger partial charge on any atom is -0.383 e. The zero-order valence-electron chi connectivity index (χ0n) is 10.6. The molecule has 16 heavy (non-hydrogen) atoms. The zero-order valence-corrected chi connectivity index (χ0v) is 10.6. The number of hydrogen-bond donors (Lipinski definition) is 1. The van der Waals surface area contributed by atoms with Gasteiger partial charge in [0, 0.05) is 40.3 Å². The number of carbonyl (C=O) groups is 1. The van der Waals surface area contributed by atoms with E-state index >= 15 is 0 Å². The number of nitrogens with zero attached hydrogens (tertiary/aromatic N) is 1. The quantitative estimate of drug-likeness (QED) is 0.618. The fraction of sp³-hybridized carbons (Fsp3) is 0.909. The van der Waals surface area contributed by atoms with Crippen molar-refractivity contribution in [3.8, 4) is 0 Å². The van der Waals surface area contributed by atoms with E-state index in [1.165, 1.54) is 0 Å². The second-order valence-corrected chi connectivity index (χ2v) is 3.75. The monoisotopic (exact) mass is 232 g/mol. The lowest BCUT2D eigenvalue weighted by molar-refractivity contribution is -0.132. The normalized spacial score (nSPS) is 12.5. The van der Waals surface area contributed by atoms with Crippen molar-refractivity contribution in [2.75, 3.05) is 40.5 Å². The number of nitrogens with two attached hydrogens (primary N) is 1. The van der Waals surface area contributed by atoms with Gasteiger partial charge in [-0.25, -0.2) is 0 Å². The average Bonchev–Trinajstić information content (AvgIpc) is 2.30. The van der Waals surface area contributed by atoms with Gasteiger partial charge >= 0.3 is 0 Å². The Hall–Kier alpha value is -0.650. The maximum atomic E-state index is 11.8. The first kappa shape index (κ1) is 15.3. The Bertz CT molecular complexity index is 188. The van der Waals surface area contributed by atoms with E-state index in [1.54, 1.807) is 19.1 Å². The zero-order chi connectivity index (χ0) is 12.4. The predicted molar refractivity (Wildman–Crippen MR) is 63.2 cm³/mol. The molecule has 2 N–H and O–H groups in total. The summed E-state index contributed by atoms with van der Waals surface area (Å²) >= 11 is 0. The molecule has 0 aliphatic rings. The van der Waals surface area contributed by atoms with Crippen LogP contribution in [-0.4, -0.2) is 57.4 Å². The van der Waals surface area contributed by atoms with Gasteiger partial charge in [0.2, 0.25) is 5.91 Å². The highest BCUT2D eigenvalue weighted by atomic mass is 16.5. The summed E-state index contributed by atoms with van der Waals surface area (Å²) < 4.78 is 10.1. The molecule has 0 radical (unpaired) electrons. The molecule has 0 heterocycles. The minimum atomic E-state index is 0.117. The first-order valence-corrected chi connectivity index (χ1v) is 5.65. The number of amides is 1. The van der Waals surface area contributed by atoms with Crippen molar-refractivity contribution in [2.24, 2.45) is 5.73 Å². The molecule has 0 aromatic heterocycles. The molecule has 0 aromatic carbocycles. The third-order valence-corrected chi connectivity index (χ3v) is 2.48. The highest BCUT2D eigenvalue weighted by Gasteiger charge is 2.13. The molecule has 5 nitrogen and oxygen atoms in total. The second-order valence-electron chi connectivity index (χ2n) is 3.75. The molecule has 1 atom stereocenters. The number of rotatable bonds is 9. The summed E-state index contributed by atoms with van der Waals surface area (Å²) in [5, 5.41) is 0. The highest BCUT2D eigenvalue weighted by Crippen LogP contribution is 2.03. The SMILES string of the molecule is COCCN(CCN)C(=O)CCC(C)OC. The largest absolute Gasteiger partial charge is 0.383 e. The summed E-state index contributed by atoms with van der Waals surface area (Å²) in [6, 6.07) is 0. The molecular weight excluding hydrogens is 208 g/mol. The smallest absolute Gasteiger partial charge is 0.222 e. The van der Waals surface area contributed by atoms with Crippen LogP contribution >= 0.6 is 0 Å². The van der Waals surface area contributed by atoms with E-state index in [-0.39, 0.29) is 12.0 Å². The van der Waals surface area contributed by atoms with Gasteiger partial charge in [0.25, 0.3) is 0 Å². The van der Waals surface area contributed by atoms with E-state index in [2.05, 4.69) is 0 Å². The van der Waals surface area contributed by atoms with Crippen LogP contribution in [0.3, 0.4) is 0 Å². The van der Waals surface area contributed by atoms with E-state index in [4.69, 9.17) is 15.2 Å². The topological polar surface area (TPSA) is 64.8 Å². The maximum Gasteiger partial charge on any atom is 0.222 e. The van der Waals surface area contributed by atoms with E-state index in [1.807, 2.05) is 6.92 Å². The summed E-state index contributed by atoms with van der Waals surface area (Å²) in [4.78, 5) is 13.6. The maximum absolute atomic E-state index is 11.8. The Labute approximate surface area is 97.9 Å². The lowest BCUT2D eigenvalue weighted by atomic mass is 10.2. The summed E-state index contributed by atoms with van der Waals surface area (Å²) in [7, 11) is 3.27. The van der Waals surface area contributed by atoms with Crippen LogP contribution < -0.4 is 5.73 Å². The number of ether oxygens (including phenoxy) is 2. The van der Waals surface area contributed by atoms with Gasteiger partial charge in [-0.2, -0.15) is 0 Å². The molecule has 96 valence electrons. The van der Waals surface area contributed by atoms with Gasteiger partial charge in [-0.3, -0.25) is 4.79 Å². The van der Waals surface area contributed by atoms with E-state index in [0.717, 1.165) is 6.42 Å². The first-order chi connectivity index (χ1) is 7.65. The molecular formula is C11H24N2O3. The van der Waals surface area contributed by atoms with Crippen molar-refractivity contribution in [1.82, 2.24) is 4.90 Å². The molecule has 0 aliphatic heterocycles. The Kier molecular flexibility index (Phi) is 9.18. The fourth-order valence-electron chi connectivity index (χ4n) is 1.32. The van der Waals surface area contributed by atoms with Gasteiger partial charge in [0.1, 0.15) is 0 Å². The van der Waals surface area contributed by atoms with Crippen LogP contribution in [0.15, 0.2) is 0 Å². The van der Waals surface area contributed by atoms with Gasteiger partial charge in [0.15, 0.2) is 0 Å². The van der Waals surface area contributed by atoms with Crippen molar-refractivity contribution in [3.05, 3.63) is 0 Å². The number of carbonyl (C=O) groups excluding carboxylic acids is 1. The Morgan fingerprint density at radius 3 is 2.56 bits per heavy atom. The lowest BCUT2D eigenvalue weighted by Crippen LogP contribution is -2.37. The first-order valence-electron chi connectivity index (χ1n) is 5.65. The predicted octanol–water partition coefficient (Wildman–Crippen LogP) is 0.235. The molecule has 1 amide bonds. The van der Waals surface area contributed by atoms with Gasteiger partial charge in [0.05, 0.1) is 12.7 Å². The van der Waals surface area contributed by atoms with E-state index < -0.39 is 0 Å². The Balaban J connectivity index is 3.95. The molecule has 0 spiro atoms. The van der Waals surface area contributed by atoms with Crippen LogP contribution in [0.4, 0.5) is 0 Å². The summed E-state index contributed by atoms with van der Waals surface area (Å²) in [6.07, 6.45) is 1.35. The van der Waals surface area contributed by atoms with E-state index in [0.29, 0.717) is 32.7 Å². The van der Waals surface area contributed by atoms with Gasteiger partial charge in [-0.15, -0.1) is 0 Å². The number of methoxy groups -OCH3 is 2. The van der Waals surface area contributed by atoms with Crippen LogP contribution in [0, 0.1) is 0 Å². The summed E-state index contributed by atoms with van der Waals surface area (Å²) in [5.74, 6) is 0.117. The van der Waals surface area contributed by atoms with E-state index in [9.17, 15) is 4.79 Å². The van der Waals surface area contributed by atoms with Crippen LogP contribution in [0.5, 0.6) is 0 Å². The van der Waals surface area contributed by atoms with Crippen molar-refractivity contribution in [1.29, 1.82) is 0 Å². The molecule has 0 bridgehead atoms. The van der Waals surface area contributed by atoms with Crippen molar-refractivity contribution in [2.45, 2.75) is 25.9 Å². The van der Waals surface area contributed by atoms with Crippen LogP contribution in [0.2, 0.25) is 0 Å². The lowest BCUT2D eigenvalue weighted by Gasteiger charge is -2.22. The molecule has 0 saturated heterocycles. The average molecular weight is 232 g/mol. The van der Waals surface area contributed by atoms with Crippen molar-refractivity contribution in [3.63, 3.8) is 0 Å². The Morgan fingerprint density at radius 1 is 1.38 bits per heavy atom. The fourth-order valence-corrected chi connectivity index (χ4v) is 1.32. The molecule has 5 heteroatoms. The molecule has 0 saturated carbocycles. The van der Waals surface area contributed by atoms with Gasteiger partial charge in [-0.05, 0) is 13.3 Å². The Morgan fingerprint density at radius 2 is 2.06 bits per heavy atom. The van der Waals surface area contributed by atoms with Crippen molar-refractivity contribution >= 4 is 5.91 Å². The van der Waals surface area contributed by atoms with Crippen molar-refractivity contribution < 1.29 is 14.3 Å². The second kappa shape index (κ2) is 9.57. The molecule has 0 rings (SSSR count). The van der Waals surface area contributed by atoms with Crippen LogP contribution in [0.1, 0.15) is 19.8 Å². The molecule has 1 unspecified atom stereocenters. The standard InChI is InChI=1S/C11H24N2O3/c1-10(16-3)4-5-11(14)13(7-6-12)8-9-15-2/h10H,4-9,12H2,1-3H3. The third kappa shape index (κ3) is 6.76. The van der Waals surface area contributed by atoms with Crippen LogP contribution in [0.25, 0.3) is 0 Å².